The maximum absolute atomic E-state index is 5.64. The molecule has 0 bridgehead atoms. The minimum atomic E-state index is 0.810. The number of thioether (sulfide) groups is 1. The van der Waals surface area contributed by atoms with Crippen LogP contribution in [-0.2, 0) is 12.3 Å². The Balaban J connectivity index is 2.10. The lowest BCUT2D eigenvalue weighted by molar-refractivity contribution is 0.457. The fourth-order valence-corrected chi connectivity index (χ4v) is 1.87. The normalized spacial score (nSPS) is 10.2. The van der Waals surface area contributed by atoms with Gasteiger partial charge in [-0.25, -0.2) is 0 Å². The summed E-state index contributed by atoms with van der Waals surface area (Å²) in [7, 11) is 0. The third kappa shape index (κ3) is 5.29. The lowest BCUT2D eigenvalue weighted by atomic mass is 10.2. The number of terminal acetylenes is 1. The van der Waals surface area contributed by atoms with E-state index in [1.807, 2.05) is 12.1 Å². The molecule has 2 nitrogen and oxygen atoms in total. The molecular formula is C13H19NOS. The largest absolute Gasteiger partial charge is 0.464 e. The van der Waals surface area contributed by atoms with Crippen molar-refractivity contribution in [3.8, 4) is 12.3 Å². The topological polar surface area (TPSA) is 25.2 Å². The van der Waals surface area contributed by atoms with Crippen molar-refractivity contribution in [3.63, 3.8) is 0 Å². The Bertz CT molecular complexity index is 327. The molecule has 0 aliphatic carbocycles. The molecule has 1 N–H and O–H groups in total. The molecule has 1 aromatic rings. The highest BCUT2D eigenvalue weighted by atomic mass is 32.2. The number of nitrogens with one attached hydrogen (secondary N) is 1. The molecule has 0 spiro atoms. The lowest BCUT2D eigenvalue weighted by Gasteiger charge is -2.01. The van der Waals surface area contributed by atoms with E-state index in [0.717, 1.165) is 49.6 Å². The van der Waals surface area contributed by atoms with Crippen molar-refractivity contribution in [2.45, 2.75) is 31.6 Å². The van der Waals surface area contributed by atoms with E-state index in [4.69, 9.17) is 10.8 Å². The van der Waals surface area contributed by atoms with Crippen molar-refractivity contribution in [3.05, 3.63) is 23.7 Å². The monoisotopic (exact) mass is 237 g/mol. The van der Waals surface area contributed by atoms with Gasteiger partial charge in [-0.05, 0) is 37.8 Å². The minimum Gasteiger partial charge on any atom is -0.464 e. The molecule has 0 aliphatic heterocycles. The first-order valence-corrected chi connectivity index (χ1v) is 6.97. The van der Waals surface area contributed by atoms with Crippen LogP contribution in [0.1, 0.15) is 30.8 Å². The molecule has 0 saturated heterocycles. The summed E-state index contributed by atoms with van der Waals surface area (Å²) in [5.74, 6) is 5.66. The van der Waals surface area contributed by atoms with Crippen molar-refractivity contribution >= 4 is 11.8 Å². The van der Waals surface area contributed by atoms with Crippen LogP contribution < -0.4 is 5.32 Å². The molecule has 16 heavy (non-hydrogen) atoms. The quantitative estimate of drug-likeness (QED) is 0.556. The zero-order valence-electron chi connectivity index (χ0n) is 9.79. The molecule has 1 heterocycles. The maximum Gasteiger partial charge on any atom is 0.117 e. The Morgan fingerprint density at radius 1 is 1.38 bits per heavy atom. The SMILES string of the molecule is C#CCCCCNCc1ccc(CSC)o1. The van der Waals surface area contributed by atoms with E-state index >= 15 is 0 Å². The third-order valence-corrected chi connectivity index (χ3v) is 2.80. The van der Waals surface area contributed by atoms with Crippen LogP contribution in [-0.4, -0.2) is 12.8 Å². The van der Waals surface area contributed by atoms with Gasteiger partial charge >= 0.3 is 0 Å². The molecule has 0 atom stereocenters. The van der Waals surface area contributed by atoms with Gasteiger partial charge in [-0.1, -0.05) is 0 Å². The van der Waals surface area contributed by atoms with Gasteiger partial charge in [0, 0.05) is 6.42 Å². The van der Waals surface area contributed by atoms with Crippen LogP contribution in [0.2, 0.25) is 0 Å². The van der Waals surface area contributed by atoms with Gasteiger partial charge in [0.1, 0.15) is 11.5 Å². The van der Waals surface area contributed by atoms with Crippen LogP contribution in [0.4, 0.5) is 0 Å². The van der Waals surface area contributed by atoms with Crippen LogP contribution in [0.15, 0.2) is 16.5 Å². The van der Waals surface area contributed by atoms with Crippen molar-refractivity contribution < 1.29 is 4.42 Å². The van der Waals surface area contributed by atoms with Gasteiger partial charge in [0.25, 0.3) is 0 Å². The highest BCUT2D eigenvalue weighted by molar-refractivity contribution is 7.97. The van der Waals surface area contributed by atoms with E-state index in [1.54, 1.807) is 11.8 Å². The molecule has 0 unspecified atom stereocenters. The molecule has 0 aliphatic rings. The average molecular weight is 237 g/mol. The molecular weight excluding hydrogens is 218 g/mol. The second-order valence-electron chi connectivity index (χ2n) is 3.64. The van der Waals surface area contributed by atoms with Gasteiger partial charge in [0.2, 0.25) is 0 Å². The summed E-state index contributed by atoms with van der Waals surface area (Å²) in [6.45, 7) is 1.81. The van der Waals surface area contributed by atoms with Crippen LogP contribution in [0.25, 0.3) is 0 Å². The van der Waals surface area contributed by atoms with E-state index < -0.39 is 0 Å². The van der Waals surface area contributed by atoms with Crippen molar-refractivity contribution in [2.75, 3.05) is 12.8 Å². The standard InChI is InChI=1S/C13H19NOS/c1-3-4-5-6-9-14-10-12-7-8-13(15-12)11-16-2/h1,7-8,14H,4-6,9-11H2,2H3. The predicted octanol–water partition coefficient (Wildman–Crippen LogP) is 3.04. The average Bonchev–Trinajstić information content (AvgIpc) is 2.72. The Hall–Kier alpha value is -0.850. The summed E-state index contributed by atoms with van der Waals surface area (Å²) in [5, 5.41) is 3.35. The molecule has 0 radical (unpaired) electrons. The van der Waals surface area contributed by atoms with E-state index in [0.29, 0.717) is 0 Å². The summed E-state index contributed by atoms with van der Waals surface area (Å²) < 4.78 is 5.64. The molecule has 1 aromatic heterocycles. The van der Waals surface area contributed by atoms with E-state index in [2.05, 4.69) is 17.5 Å². The molecule has 1 rings (SSSR count). The van der Waals surface area contributed by atoms with Gasteiger partial charge in [0.15, 0.2) is 0 Å². The number of rotatable bonds is 8. The van der Waals surface area contributed by atoms with Crippen molar-refractivity contribution in [1.29, 1.82) is 0 Å². The van der Waals surface area contributed by atoms with Crippen LogP contribution in [0.5, 0.6) is 0 Å². The predicted molar refractivity (Wildman–Crippen MR) is 70.3 cm³/mol. The summed E-state index contributed by atoms with van der Waals surface area (Å²) in [6.07, 6.45) is 10.4. The van der Waals surface area contributed by atoms with Crippen LogP contribution >= 0.6 is 11.8 Å². The van der Waals surface area contributed by atoms with Gasteiger partial charge in [-0.3, -0.25) is 0 Å². The van der Waals surface area contributed by atoms with Gasteiger partial charge in [-0.2, -0.15) is 11.8 Å². The fourth-order valence-electron chi connectivity index (χ4n) is 1.43. The van der Waals surface area contributed by atoms with E-state index in [9.17, 15) is 0 Å². The second kappa shape index (κ2) is 8.32. The third-order valence-electron chi connectivity index (χ3n) is 2.23. The number of unbranched alkanes of at least 4 members (excludes halogenated alkanes) is 2. The first-order valence-electron chi connectivity index (χ1n) is 5.57. The Kier molecular flexibility index (Phi) is 6.87. The second-order valence-corrected chi connectivity index (χ2v) is 4.51. The number of hydrogen-bond acceptors (Lipinski definition) is 3. The van der Waals surface area contributed by atoms with Crippen LogP contribution in [0, 0.1) is 12.3 Å². The zero-order valence-corrected chi connectivity index (χ0v) is 10.6. The first-order chi connectivity index (χ1) is 7.86. The Morgan fingerprint density at radius 2 is 2.19 bits per heavy atom. The summed E-state index contributed by atoms with van der Waals surface area (Å²) in [4.78, 5) is 0. The fraction of sp³-hybridized carbons (Fsp3) is 0.538. The highest BCUT2D eigenvalue weighted by Gasteiger charge is 2.00. The first kappa shape index (κ1) is 13.2. The van der Waals surface area contributed by atoms with E-state index in [-0.39, 0.29) is 0 Å². The maximum atomic E-state index is 5.64. The number of furan rings is 1. The molecule has 3 heteroatoms. The smallest absolute Gasteiger partial charge is 0.117 e. The zero-order chi connectivity index (χ0) is 11.6. The van der Waals surface area contributed by atoms with Crippen molar-refractivity contribution in [2.24, 2.45) is 0 Å². The van der Waals surface area contributed by atoms with E-state index in [1.165, 1.54) is 0 Å². The van der Waals surface area contributed by atoms with Crippen molar-refractivity contribution in [1.82, 2.24) is 5.32 Å². The minimum absolute atomic E-state index is 0.810. The lowest BCUT2D eigenvalue weighted by Crippen LogP contribution is -2.13. The van der Waals surface area contributed by atoms with Gasteiger partial charge in [-0.15, -0.1) is 12.3 Å². The molecule has 0 fully saturated rings. The molecule has 0 amide bonds. The van der Waals surface area contributed by atoms with Gasteiger partial charge in [0.05, 0.1) is 12.3 Å². The Morgan fingerprint density at radius 3 is 2.94 bits per heavy atom. The molecule has 0 aromatic carbocycles. The summed E-state index contributed by atoms with van der Waals surface area (Å²) >= 11 is 1.77. The molecule has 0 saturated carbocycles. The van der Waals surface area contributed by atoms with Gasteiger partial charge < -0.3 is 9.73 Å². The highest BCUT2D eigenvalue weighted by Crippen LogP contribution is 2.13. The Labute approximate surface area is 102 Å². The summed E-state index contributed by atoms with van der Waals surface area (Å²) in [6, 6.07) is 4.09. The molecule has 88 valence electrons. The summed E-state index contributed by atoms with van der Waals surface area (Å²) in [5.41, 5.74) is 0. The van der Waals surface area contributed by atoms with Crippen LogP contribution in [0.3, 0.4) is 0 Å². The number of hydrogen-bond donors (Lipinski definition) is 1.